The van der Waals surface area contributed by atoms with Crippen LogP contribution in [0.2, 0.25) is 0 Å². The first-order valence-electron chi connectivity index (χ1n) is 5.46. The second-order valence-electron chi connectivity index (χ2n) is 3.77. The Morgan fingerprint density at radius 3 is 2.76 bits per heavy atom. The third-order valence-corrected chi connectivity index (χ3v) is 3.35. The molecule has 1 amide bonds. The molecule has 1 aromatic carbocycles. The van der Waals surface area contributed by atoms with E-state index in [-0.39, 0.29) is 5.91 Å². The van der Waals surface area contributed by atoms with E-state index in [9.17, 15) is 4.79 Å². The highest BCUT2D eigenvalue weighted by Crippen LogP contribution is 2.07. The van der Waals surface area contributed by atoms with Crippen LogP contribution in [0.25, 0.3) is 0 Å². The Bertz CT molecular complexity index is 467. The van der Waals surface area contributed by atoms with Crippen LogP contribution in [0.1, 0.15) is 15.4 Å². The van der Waals surface area contributed by atoms with Crippen molar-refractivity contribution in [3.63, 3.8) is 0 Å². The number of aromatic nitrogens is 1. The molecule has 0 unspecified atom stereocenters. The molecule has 88 valence electrons. The van der Waals surface area contributed by atoms with Gasteiger partial charge in [0.15, 0.2) is 0 Å². The van der Waals surface area contributed by atoms with Crippen molar-refractivity contribution in [3.8, 4) is 0 Å². The summed E-state index contributed by atoms with van der Waals surface area (Å²) in [6.45, 7) is 0.696. The van der Waals surface area contributed by atoms with Crippen molar-refractivity contribution >= 4 is 17.2 Å². The number of nitrogens with zero attached hydrogens (tertiary/aromatic N) is 2. The van der Waals surface area contributed by atoms with E-state index in [4.69, 9.17) is 0 Å². The molecule has 1 heterocycles. The van der Waals surface area contributed by atoms with Crippen molar-refractivity contribution in [2.45, 2.75) is 6.42 Å². The van der Waals surface area contributed by atoms with Crippen molar-refractivity contribution < 1.29 is 4.79 Å². The van der Waals surface area contributed by atoms with E-state index in [2.05, 4.69) is 4.98 Å². The summed E-state index contributed by atoms with van der Waals surface area (Å²) in [7, 11) is 1.82. The van der Waals surface area contributed by atoms with Crippen LogP contribution >= 0.6 is 11.3 Å². The first-order valence-corrected chi connectivity index (χ1v) is 6.34. The van der Waals surface area contributed by atoms with Gasteiger partial charge in [-0.25, -0.2) is 4.98 Å². The lowest BCUT2D eigenvalue weighted by atomic mass is 10.2. The topological polar surface area (TPSA) is 33.2 Å². The van der Waals surface area contributed by atoms with Gasteiger partial charge in [-0.3, -0.25) is 4.79 Å². The molecule has 0 aliphatic heterocycles. The normalized spacial score (nSPS) is 10.2. The zero-order valence-electron chi connectivity index (χ0n) is 9.67. The Balaban J connectivity index is 1.92. The highest BCUT2D eigenvalue weighted by molar-refractivity contribution is 7.09. The van der Waals surface area contributed by atoms with Gasteiger partial charge in [-0.15, -0.1) is 11.3 Å². The smallest absolute Gasteiger partial charge is 0.253 e. The first-order chi connectivity index (χ1) is 8.27. The maximum atomic E-state index is 12.0. The average molecular weight is 246 g/mol. The number of rotatable bonds is 4. The van der Waals surface area contributed by atoms with Gasteiger partial charge < -0.3 is 4.90 Å². The van der Waals surface area contributed by atoms with Crippen LogP contribution in [0.5, 0.6) is 0 Å². The number of likely N-dealkylation sites (N-methyl/N-ethyl adjacent to an activating group) is 1. The molecule has 0 fully saturated rings. The fourth-order valence-corrected chi connectivity index (χ4v) is 2.15. The molecule has 1 aromatic heterocycles. The second kappa shape index (κ2) is 5.59. The lowest BCUT2D eigenvalue weighted by Crippen LogP contribution is -2.28. The monoisotopic (exact) mass is 246 g/mol. The molecule has 4 heteroatoms. The van der Waals surface area contributed by atoms with Gasteiger partial charge in [0.1, 0.15) is 0 Å². The SMILES string of the molecule is CN(CCc1nccs1)C(=O)c1ccccc1. The van der Waals surface area contributed by atoms with Crippen LogP contribution in [0.3, 0.4) is 0 Å². The summed E-state index contributed by atoms with van der Waals surface area (Å²) in [6, 6.07) is 9.33. The maximum absolute atomic E-state index is 12.0. The van der Waals surface area contributed by atoms with E-state index in [0.29, 0.717) is 6.54 Å². The molecule has 0 radical (unpaired) electrons. The molecular formula is C13H14N2OS. The van der Waals surface area contributed by atoms with Crippen LogP contribution in [0.4, 0.5) is 0 Å². The molecular weight excluding hydrogens is 232 g/mol. The van der Waals surface area contributed by atoms with Crippen molar-refractivity contribution in [2.75, 3.05) is 13.6 Å². The summed E-state index contributed by atoms with van der Waals surface area (Å²) in [5, 5.41) is 3.02. The van der Waals surface area contributed by atoms with E-state index in [0.717, 1.165) is 17.0 Å². The lowest BCUT2D eigenvalue weighted by Gasteiger charge is -2.16. The molecule has 2 rings (SSSR count). The van der Waals surface area contributed by atoms with Crippen LogP contribution in [0.15, 0.2) is 41.9 Å². The minimum atomic E-state index is 0.0576. The summed E-state index contributed by atoms with van der Waals surface area (Å²) in [6.07, 6.45) is 2.60. The van der Waals surface area contributed by atoms with Crippen molar-refractivity contribution in [1.82, 2.24) is 9.88 Å². The number of thiazole rings is 1. The quantitative estimate of drug-likeness (QED) is 0.830. The van der Waals surface area contributed by atoms with Gasteiger partial charge in [0.2, 0.25) is 0 Å². The maximum Gasteiger partial charge on any atom is 0.253 e. The molecule has 2 aromatic rings. The summed E-state index contributed by atoms with van der Waals surface area (Å²) < 4.78 is 0. The zero-order chi connectivity index (χ0) is 12.1. The Morgan fingerprint density at radius 2 is 2.12 bits per heavy atom. The number of hydrogen-bond acceptors (Lipinski definition) is 3. The van der Waals surface area contributed by atoms with E-state index in [1.54, 1.807) is 22.4 Å². The third-order valence-electron chi connectivity index (χ3n) is 2.51. The minimum Gasteiger partial charge on any atom is -0.341 e. The summed E-state index contributed by atoms with van der Waals surface area (Å²) in [5.41, 5.74) is 0.731. The molecule has 3 nitrogen and oxygen atoms in total. The fourth-order valence-electron chi connectivity index (χ4n) is 1.54. The van der Waals surface area contributed by atoms with E-state index in [1.165, 1.54) is 0 Å². The van der Waals surface area contributed by atoms with Gasteiger partial charge in [0.25, 0.3) is 5.91 Å². The highest BCUT2D eigenvalue weighted by Gasteiger charge is 2.10. The molecule has 0 aliphatic rings. The predicted octanol–water partition coefficient (Wildman–Crippen LogP) is 2.46. The van der Waals surface area contributed by atoms with Gasteiger partial charge in [0, 0.05) is 37.2 Å². The summed E-state index contributed by atoms with van der Waals surface area (Å²) in [4.78, 5) is 17.9. The Labute approximate surface area is 105 Å². The van der Waals surface area contributed by atoms with Gasteiger partial charge in [-0.2, -0.15) is 0 Å². The number of carbonyl (C=O) groups is 1. The first kappa shape index (κ1) is 11.8. The third kappa shape index (κ3) is 3.14. The number of amides is 1. The molecule has 17 heavy (non-hydrogen) atoms. The highest BCUT2D eigenvalue weighted by atomic mass is 32.1. The van der Waals surface area contributed by atoms with E-state index < -0.39 is 0 Å². The van der Waals surface area contributed by atoms with Crippen molar-refractivity contribution in [1.29, 1.82) is 0 Å². The van der Waals surface area contributed by atoms with Crippen LogP contribution in [0, 0.1) is 0 Å². The van der Waals surface area contributed by atoms with Gasteiger partial charge >= 0.3 is 0 Å². The lowest BCUT2D eigenvalue weighted by molar-refractivity contribution is 0.0796. The minimum absolute atomic E-state index is 0.0576. The summed E-state index contributed by atoms with van der Waals surface area (Å²) in [5.74, 6) is 0.0576. The Hall–Kier alpha value is -1.68. The number of benzene rings is 1. The molecule has 0 N–H and O–H groups in total. The zero-order valence-corrected chi connectivity index (χ0v) is 10.5. The fraction of sp³-hybridized carbons (Fsp3) is 0.231. The van der Waals surface area contributed by atoms with E-state index in [1.807, 2.05) is 42.8 Å². The van der Waals surface area contributed by atoms with Crippen molar-refractivity contribution in [2.24, 2.45) is 0 Å². The van der Waals surface area contributed by atoms with Crippen molar-refractivity contribution in [3.05, 3.63) is 52.5 Å². The van der Waals surface area contributed by atoms with Gasteiger partial charge in [-0.05, 0) is 12.1 Å². The molecule has 0 bridgehead atoms. The molecule has 0 saturated heterocycles. The Morgan fingerprint density at radius 1 is 1.35 bits per heavy atom. The summed E-state index contributed by atoms with van der Waals surface area (Å²) >= 11 is 1.62. The number of carbonyl (C=O) groups excluding carboxylic acids is 1. The van der Waals surface area contributed by atoms with Gasteiger partial charge in [-0.1, -0.05) is 18.2 Å². The van der Waals surface area contributed by atoms with Crippen LogP contribution in [-0.2, 0) is 6.42 Å². The van der Waals surface area contributed by atoms with Crippen LogP contribution < -0.4 is 0 Å². The van der Waals surface area contributed by atoms with E-state index >= 15 is 0 Å². The average Bonchev–Trinajstić information content (AvgIpc) is 2.89. The largest absolute Gasteiger partial charge is 0.341 e. The standard InChI is InChI=1S/C13H14N2OS/c1-15(9-7-12-14-8-10-17-12)13(16)11-5-3-2-4-6-11/h2-6,8,10H,7,9H2,1H3. The predicted molar refractivity (Wildman–Crippen MR) is 69.2 cm³/mol. The second-order valence-corrected chi connectivity index (χ2v) is 4.75. The Kier molecular flexibility index (Phi) is 3.88. The molecule has 0 atom stereocenters. The number of hydrogen-bond donors (Lipinski definition) is 0. The van der Waals surface area contributed by atoms with Gasteiger partial charge in [0.05, 0.1) is 5.01 Å². The molecule has 0 spiro atoms. The molecule has 0 aliphatic carbocycles. The molecule has 0 saturated carbocycles. The van der Waals surface area contributed by atoms with Crippen LogP contribution in [-0.4, -0.2) is 29.4 Å².